The van der Waals surface area contributed by atoms with Crippen molar-refractivity contribution in [2.45, 2.75) is 75.6 Å². The van der Waals surface area contributed by atoms with Crippen LogP contribution in [-0.4, -0.2) is 81.0 Å². The van der Waals surface area contributed by atoms with E-state index in [1.807, 2.05) is 0 Å². The van der Waals surface area contributed by atoms with Gasteiger partial charge in [-0.3, -0.25) is 19.2 Å². The van der Waals surface area contributed by atoms with Gasteiger partial charge in [-0.2, -0.15) is 0 Å². The summed E-state index contributed by atoms with van der Waals surface area (Å²) in [6.45, 7) is 10.3. The third-order valence-electron chi connectivity index (χ3n) is 7.65. The fourth-order valence-electron chi connectivity index (χ4n) is 5.74. The molecule has 2 aliphatic carbocycles. The van der Waals surface area contributed by atoms with Crippen molar-refractivity contribution in [3.8, 4) is 0 Å². The Morgan fingerprint density at radius 2 is 1.61 bits per heavy atom. The zero-order chi connectivity index (χ0) is 28.8. The number of fused-ring (bicyclic) bond motifs is 2. The number of esters is 4. The molecule has 3 rings (SSSR count). The van der Waals surface area contributed by atoms with Crippen molar-refractivity contribution in [1.82, 2.24) is 0 Å². The third kappa shape index (κ3) is 4.87. The van der Waals surface area contributed by atoms with Gasteiger partial charge in [0.1, 0.15) is 17.8 Å². The van der Waals surface area contributed by atoms with Crippen LogP contribution in [-0.2, 0) is 38.1 Å². The van der Waals surface area contributed by atoms with Gasteiger partial charge in [-0.1, -0.05) is 25.7 Å². The quantitative estimate of drug-likeness (QED) is 0.221. The van der Waals surface area contributed by atoms with Gasteiger partial charge in [-0.15, -0.1) is 23.2 Å². The molecule has 0 spiro atoms. The maximum absolute atomic E-state index is 12.8. The first-order valence-corrected chi connectivity index (χ1v) is 12.9. The molecular weight excluding hydrogens is 543 g/mol. The van der Waals surface area contributed by atoms with E-state index in [1.165, 1.54) is 38.2 Å². The predicted octanol–water partition coefficient (Wildman–Crippen LogP) is 1.97. The fraction of sp³-hybridized carbons (Fsp3) is 0.615. The summed E-state index contributed by atoms with van der Waals surface area (Å²) in [5, 5.41) is 23.3. The molecule has 0 amide bonds. The molecule has 0 saturated carbocycles. The van der Waals surface area contributed by atoms with E-state index in [0.29, 0.717) is 0 Å². The number of hydrogen-bond acceptors (Lipinski definition) is 10. The van der Waals surface area contributed by atoms with Crippen LogP contribution in [0.1, 0.15) is 34.6 Å². The molecule has 1 heterocycles. The minimum atomic E-state index is -2.33. The molecule has 10 unspecified atom stereocenters. The van der Waals surface area contributed by atoms with Gasteiger partial charge in [-0.05, 0) is 24.6 Å². The number of halogens is 2. The summed E-state index contributed by atoms with van der Waals surface area (Å²) in [5.41, 5.74) is -5.80. The Labute approximate surface area is 230 Å². The van der Waals surface area contributed by atoms with Crippen LogP contribution >= 0.6 is 23.2 Å². The molecule has 38 heavy (non-hydrogen) atoms. The molecule has 1 saturated heterocycles. The molecule has 0 aromatic carbocycles. The summed E-state index contributed by atoms with van der Waals surface area (Å²) in [6, 6.07) is 0. The van der Waals surface area contributed by atoms with Crippen molar-refractivity contribution >= 4 is 47.1 Å². The van der Waals surface area contributed by atoms with E-state index in [1.54, 1.807) is 6.92 Å². The first kappa shape index (κ1) is 30.1. The first-order valence-electron chi connectivity index (χ1n) is 12.0. The molecule has 10 nitrogen and oxygen atoms in total. The Hall–Kier alpha value is -2.40. The maximum atomic E-state index is 12.8. The number of aliphatic hydroxyl groups is 2. The van der Waals surface area contributed by atoms with Gasteiger partial charge in [0, 0.05) is 32.1 Å². The molecular formula is C26H32Cl2O10. The summed E-state index contributed by atoms with van der Waals surface area (Å²) in [4.78, 5) is 49.5. The zero-order valence-electron chi connectivity index (χ0n) is 21.7. The van der Waals surface area contributed by atoms with E-state index < -0.39 is 88.0 Å². The van der Waals surface area contributed by atoms with Crippen LogP contribution in [0.15, 0.2) is 36.5 Å². The molecule has 2 N–H and O–H groups in total. The lowest BCUT2D eigenvalue weighted by Crippen LogP contribution is -2.71. The van der Waals surface area contributed by atoms with Crippen LogP contribution in [0.2, 0.25) is 0 Å². The number of rotatable bonds is 4. The number of carbonyl (C=O) groups is 4. The average molecular weight is 575 g/mol. The lowest BCUT2D eigenvalue weighted by Gasteiger charge is -2.57. The Morgan fingerprint density at radius 3 is 2.13 bits per heavy atom. The highest BCUT2D eigenvalue weighted by Gasteiger charge is 2.71. The molecule has 0 aromatic heterocycles. The summed E-state index contributed by atoms with van der Waals surface area (Å²) in [5.74, 6) is -6.44. The summed E-state index contributed by atoms with van der Waals surface area (Å²) in [6.07, 6.45) is 0.139. The van der Waals surface area contributed by atoms with Crippen molar-refractivity contribution in [3.05, 3.63) is 36.5 Å². The normalized spacial score (nSPS) is 42.4. The molecule has 0 aromatic rings. The maximum Gasteiger partial charge on any atom is 0.312 e. The SMILES string of the molecule is C=C1C=CC(OC(C)=O)C2(C)C=CC(OC(C)=O)C(O)(CCl)C2C(OC(C)=O)C2(O)C(C)C(=O)OC2C1Cl. The largest absolute Gasteiger partial charge is 0.459 e. The molecule has 10 atom stereocenters. The highest BCUT2D eigenvalue weighted by molar-refractivity contribution is 6.23. The molecule has 210 valence electrons. The van der Waals surface area contributed by atoms with Gasteiger partial charge in [-0.25, -0.2) is 0 Å². The van der Waals surface area contributed by atoms with E-state index in [4.69, 9.17) is 42.1 Å². The molecule has 0 bridgehead atoms. The second-order valence-corrected chi connectivity index (χ2v) is 11.0. The smallest absolute Gasteiger partial charge is 0.312 e. The van der Waals surface area contributed by atoms with Gasteiger partial charge >= 0.3 is 23.9 Å². The van der Waals surface area contributed by atoms with Crippen molar-refractivity contribution in [1.29, 1.82) is 0 Å². The summed E-state index contributed by atoms with van der Waals surface area (Å²) >= 11 is 13.0. The predicted molar refractivity (Wildman–Crippen MR) is 135 cm³/mol. The molecule has 3 aliphatic rings. The van der Waals surface area contributed by atoms with E-state index in [2.05, 4.69) is 6.58 Å². The van der Waals surface area contributed by atoms with Gasteiger partial charge in [0.2, 0.25) is 0 Å². The van der Waals surface area contributed by atoms with Crippen LogP contribution in [0.25, 0.3) is 0 Å². The Balaban J connectivity index is 2.45. The van der Waals surface area contributed by atoms with E-state index in [-0.39, 0.29) is 5.57 Å². The highest BCUT2D eigenvalue weighted by Crippen LogP contribution is 2.55. The third-order valence-corrected chi connectivity index (χ3v) is 8.58. The standard InChI is InChI=1S/C26H32Cl2O10/c1-12-7-8-17(35-14(3)29)24(6)10-9-18(36-15(4)30)25(33,11-27)20(24)22(37-16(5)31)26(34)13(2)23(32)38-21(26)19(12)28/h7-10,13,17-22,33-34H,1,11H2,2-6H3. The Kier molecular flexibility index (Phi) is 8.44. The van der Waals surface area contributed by atoms with E-state index in [9.17, 15) is 29.4 Å². The molecule has 12 heteroatoms. The average Bonchev–Trinajstić information content (AvgIpc) is 3.05. The van der Waals surface area contributed by atoms with Crippen molar-refractivity contribution < 1.29 is 48.3 Å². The number of alkyl halides is 2. The van der Waals surface area contributed by atoms with Crippen LogP contribution in [0.5, 0.6) is 0 Å². The van der Waals surface area contributed by atoms with Gasteiger partial charge in [0.25, 0.3) is 0 Å². The van der Waals surface area contributed by atoms with Crippen LogP contribution < -0.4 is 0 Å². The van der Waals surface area contributed by atoms with Gasteiger partial charge < -0.3 is 29.2 Å². The first-order chi connectivity index (χ1) is 17.5. The second kappa shape index (κ2) is 10.6. The Bertz CT molecular complexity index is 1090. The molecule has 1 fully saturated rings. The second-order valence-electron chi connectivity index (χ2n) is 10.2. The van der Waals surface area contributed by atoms with Gasteiger partial charge in [0.15, 0.2) is 17.8 Å². The number of hydrogen-bond donors (Lipinski definition) is 2. The molecule has 0 radical (unpaired) electrons. The molecule has 1 aliphatic heterocycles. The Morgan fingerprint density at radius 1 is 1.05 bits per heavy atom. The van der Waals surface area contributed by atoms with Gasteiger partial charge in [0.05, 0.1) is 17.2 Å². The van der Waals surface area contributed by atoms with Crippen LogP contribution in [0.3, 0.4) is 0 Å². The van der Waals surface area contributed by atoms with Crippen LogP contribution in [0, 0.1) is 17.3 Å². The van der Waals surface area contributed by atoms with Crippen molar-refractivity contribution in [3.63, 3.8) is 0 Å². The minimum Gasteiger partial charge on any atom is -0.459 e. The van der Waals surface area contributed by atoms with E-state index >= 15 is 0 Å². The van der Waals surface area contributed by atoms with Crippen LogP contribution in [0.4, 0.5) is 0 Å². The fourth-order valence-corrected chi connectivity index (χ4v) is 6.38. The lowest BCUT2D eigenvalue weighted by atomic mass is 9.54. The zero-order valence-corrected chi connectivity index (χ0v) is 23.2. The van der Waals surface area contributed by atoms with Crippen molar-refractivity contribution in [2.75, 3.05) is 5.88 Å². The lowest BCUT2D eigenvalue weighted by molar-refractivity contribution is -0.241. The summed E-state index contributed by atoms with van der Waals surface area (Å²) < 4.78 is 22.2. The van der Waals surface area contributed by atoms with Crippen molar-refractivity contribution in [2.24, 2.45) is 17.3 Å². The summed E-state index contributed by atoms with van der Waals surface area (Å²) in [7, 11) is 0. The number of allylic oxidation sites excluding steroid dienone is 1. The van der Waals surface area contributed by atoms with E-state index in [0.717, 1.165) is 13.8 Å². The monoisotopic (exact) mass is 574 g/mol. The number of carbonyl (C=O) groups excluding carboxylic acids is 4. The minimum absolute atomic E-state index is 0.211. The topological polar surface area (TPSA) is 146 Å². The number of ether oxygens (including phenoxy) is 4. The highest BCUT2D eigenvalue weighted by atomic mass is 35.5.